The first-order chi connectivity index (χ1) is 7.18. The molecule has 0 aromatic rings. The van der Waals surface area contributed by atoms with E-state index in [-0.39, 0.29) is 57.5 Å². The smallest absolute Gasteiger partial charge is 0.547 e. The number of carboxylic acid groups (broad SMARTS) is 1. The summed E-state index contributed by atoms with van der Waals surface area (Å²) in [4.78, 5) is 21.7. The van der Waals surface area contributed by atoms with E-state index in [4.69, 9.17) is 4.74 Å². The number of carbonyl (C=O) groups excluding carboxylic acids is 2. The van der Waals surface area contributed by atoms with Crippen molar-refractivity contribution in [3.63, 3.8) is 0 Å². The number of esters is 1. The Bertz CT molecular complexity index is 274. The summed E-state index contributed by atoms with van der Waals surface area (Å²) in [7, 11) is 0. The molecule has 2 aliphatic rings. The molecule has 1 saturated heterocycles. The molecule has 1 heterocycles. The zero-order valence-corrected chi connectivity index (χ0v) is 12.4. The minimum atomic E-state index is -1.35. The second-order valence-corrected chi connectivity index (χ2v) is 3.99. The van der Waals surface area contributed by atoms with E-state index in [1.54, 1.807) is 0 Å². The van der Waals surface area contributed by atoms with Crippen LogP contribution in [0.4, 0.5) is 0 Å². The van der Waals surface area contributed by atoms with Crippen LogP contribution < -0.4 is 56.5 Å². The Balaban J connectivity index is 0.00000128. The van der Waals surface area contributed by atoms with Gasteiger partial charge in [-0.1, -0.05) is 6.42 Å². The van der Waals surface area contributed by atoms with Crippen molar-refractivity contribution in [1.82, 2.24) is 0 Å². The monoisotopic (exact) mass is 252 g/mol. The molecule has 0 aromatic heterocycles. The van der Waals surface area contributed by atoms with Gasteiger partial charge in [0.25, 0.3) is 0 Å². The summed E-state index contributed by atoms with van der Waals surface area (Å²) < 4.78 is 9.79. The molecule has 2 unspecified atom stereocenters. The maximum atomic E-state index is 11.4. The molecule has 2 atom stereocenters. The third kappa shape index (κ3) is 3.78. The Morgan fingerprint density at radius 2 is 1.75 bits per heavy atom. The zero-order valence-electron chi connectivity index (χ0n) is 9.31. The van der Waals surface area contributed by atoms with Gasteiger partial charge in [-0.25, -0.2) is 4.79 Å². The third-order valence-corrected chi connectivity index (χ3v) is 2.79. The van der Waals surface area contributed by atoms with Gasteiger partial charge in [-0.3, -0.25) is 0 Å². The van der Waals surface area contributed by atoms with Gasteiger partial charge in [0.05, 0.1) is 5.97 Å². The van der Waals surface area contributed by atoms with Crippen molar-refractivity contribution >= 4 is 11.9 Å². The molecule has 16 heavy (non-hydrogen) atoms. The topological polar surface area (TPSA) is 79.0 Å². The van der Waals surface area contributed by atoms with Gasteiger partial charge >= 0.3 is 57.4 Å². The predicted octanol–water partition coefficient (Wildman–Crippen LogP) is -3.62. The second kappa shape index (κ2) is 6.46. The first-order valence-electron chi connectivity index (χ1n) is 5.25. The van der Waals surface area contributed by atoms with Gasteiger partial charge in [0.15, 0.2) is 6.10 Å². The number of aliphatic carboxylic acids is 1. The molecule has 0 amide bonds. The van der Waals surface area contributed by atoms with Crippen LogP contribution in [-0.2, 0) is 19.1 Å². The number of carbonyl (C=O) groups is 2. The molecule has 0 aromatic carbocycles. The summed E-state index contributed by atoms with van der Waals surface area (Å²) in [5.41, 5.74) is 0. The number of carboxylic acids is 1. The maximum absolute atomic E-state index is 11.4. The number of rotatable bonds is 3. The number of ether oxygens (including phenoxy) is 2. The molecule has 1 saturated carbocycles. The molecular formula is C10H13KO5. The van der Waals surface area contributed by atoms with Gasteiger partial charge in [-0.05, 0) is 25.7 Å². The molecule has 0 bridgehead atoms. The second-order valence-electron chi connectivity index (χ2n) is 3.99. The van der Waals surface area contributed by atoms with Crippen molar-refractivity contribution in [1.29, 1.82) is 0 Å². The van der Waals surface area contributed by atoms with Crippen LogP contribution in [0.1, 0.15) is 32.1 Å². The molecule has 1 aliphatic heterocycles. The fourth-order valence-corrected chi connectivity index (χ4v) is 1.89. The van der Waals surface area contributed by atoms with E-state index in [0.29, 0.717) is 0 Å². The van der Waals surface area contributed by atoms with Crippen molar-refractivity contribution in [2.24, 2.45) is 0 Å². The van der Waals surface area contributed by atoms with Crippen molar-refractivity contribution in [3.05, 3.63) is 0 Å². The average molecular weight is 252 g/mol. The number of epoxide rings is 1. The molecule has 0 radical (unpaired) electrons. The van der Waals surface area contributed by atoms with Crippen LogP contribution in [0, 0.1) is 0 Å². The SMILES string of the molecule is O=C([O-])C1OC1C(=O)OC1CCCCC1.[K+]. The Labute approximate surface area is 136 Å². The quantitative estimate of drug-likeness (QED) is 0.294. The van der Waals surface area contributed by atoms with Crippen molar-refractivity contribution < 1.29 is 75.6 Å². The molecule has 84 valence electrons. The molecular weight excluding hydrogens is 239 g/mol. The van der Waals surface area contributed by atoms with Crippen molar-refractivity contribution in [2.75, 3.05) is 0 Å². The van der Waals surface area contributed by atoms with E-state index < -0.39 is 24.1 Å². The van der Waals surface area contributed by atoms with E-state index in [0.717, 1.165) is 25.7 Å². The van der Waals surface area contributed by atoms with Gasteiger partial charge in [0.1, 0.15) is 12.2 Å². The van der Waals surface area contributed by atoms with E-state index in [1.165, 1.54) is 6.42 Å². The largest absolute Gasteiger partial charge is 1.00 e. The Morgan fingerprint density at radius 1 is 1.12 bits per heavy atom. The standard InChI is InChI=1S/C10H14O5.K/c11-9(12)7-8(15-7)10(13)14-6-4-2-1-3-5-6;/h6-8H,1-5H2,(H,11,12);/q;+1/p-1. The Kier molecular flexibility index (Phi) is 5.90. The fraction of sp³-hybridized carbons (Fsp3) is 0.800. The van der Waals surface area contributed by atoms with E-state index in [9.17, 15) is 14.7 Å². The van der Waals surface area contributed by atoms with Crippen LogP contribution in [0.3, 0.4) is 0 Å². The van der Waals surface area contributed by atoms with E-state index in [2.05, 4.69) is 4.74 Å². The minimum absolute atomic E-state index is 0. The molecule has 2 fully saturated rings. The molecule has 5 nitrogen and oxygen atoms in total. The molecule has 1 aliphatic carbocycles. The van der Waals surface area contributed by atoms with Crippen LogP contribution in [0.15, 0.2) is 0 Å². The van der Waals surface area contributed by atoms with Crippen LogP contribution in [0.2, 0.25) is 0 Å². The van der Waals surface area contributed by atoms with Crippen molar-refractivity contribution in [2.45, 2.75) is 50.4 Å². The van der Waals surface area contributed by atoms with Crippen LogP contribution in [0.5, 0.6) is 0 Å². The third-order valence-electron chi connectivity index (χ3n) is 2.79. The Morgan fingerprint density at radius 3 is 2.25 bits per heavy atom. The summed E-state index contributed by atoms with van der Waals surface area (Å²) in [6.45, 7) is 0. The molecule has 0 spiro atoms. The Hall–Kier alpha value is 0.536. The van der Waals surface area contributed by atoms with Gasteiger partial charge in [-0.15, -0.1) is 0 Å². The first kappa shape index (κ1) is 14.6. The summed E-state index contributed by atoms with van der Waals surface area (Å²) in [6.07, 6.45) is 2.95. The van der Waals surface area contributed by atoms with Gasteiger partial charge in [0, 0.05) is 0 Å². The van der Waals surface area contributed by atoms with Crippen LogP contribution >= 0.6 is 0 Å². The van der Waals surface area contributed by atoms with Gasteiger partial charge in [0.2, 0.25) is 0 Å². The summed E-state index contributed by atoms with van der Waals surface area (Å²) >= 11 is 0. The fourth-order valence-electron chi connectivity index (χ4n) is 1.89. The molecule has 2 rings (SSSR count). The van der Waals surface area contributed by atoms with E-state index in [1.807, 2.05) is 0 Å². The summed E-state index contributed by atoms with van der Waals surface area (Å²) in [5.74, 6) is -1.91. The van der Waals surface area contributed by atoms with Crippen molar-refractivity contribution in [3.8, 4) is 0 Å². The van der Waals surface area contributed by atoms with Crippen LogP contribution in [0.25, 0.3) is 0 Å². The molecule has 0 N–H and O–H groups in total. The van der Waals surface area contributed by atoms with Crippen LogP contribution in [-0.4, -0.2) is 30.3 Å². The maximum Gasteiger partial charge on any atom is 1.00 e. The van der Waals surface area contributed by atoms with Gasteiger partial charge in [-0.2, -0.15) is 0 Å². The summed E-state index contributed by atoms with van der Waals surface area (Å²) in [5, 5.41) is 10.3. The predicted molar refractivity (Wildman–Crippen MR) is 46.6 cm³/mol. The number of hydrogen-bond acceptors (Lipinski definition) is 5. The average Bonchev–Trinajstić information content (AvgIpc) is 2.98. The minimum Gasteiger partial charge on any atom is -0.547 e. The van der Waals surface area contributed by atoms with Gasteiger partial charge < -0.3 is 19.4 Å². The van der Waals surface area contributed by atoms with E-state index >= 15 is 0 Å². The zero-order chi connectivity index (χ0) is 10.8. The first-order valence-corrected chi connectivity index (χ1v) is 5.25. The normalized spacial score (nSPS) is 29.0. The summed E-state index contributed by atoms with van der Waals surface area (Å²) in [6, 6.07) is 0. The number of hydrogen-bond donors (Lipinski definition) is 0. The molecule has 6 heteroatoms.